The molecular weight excluding hydrogens is 805 g/mol. The Morgan fingerprint density at radius 3 is 1.41 bits per heavy atom. The molecule has 9 heteroatoms. The van der Waals surface area contributed by atoms with E-state index in [1.165, 1.54) is 154 Å². The van der Waals surface area contributed by atoms with Crippen molar-refractivity contribution in [2.45, 2.75) is 269 Å². The molecule has 6 atom stereocenters. The van der Waals surface area contributed by atoms with Gasteiger partial charge in [-0.1, -0.05) is 197 Å². The van der Waals surface area contributed by atoms with Gasteiger partial charge in [-0.3, -0.25) is 4.79 Å². The lowest BCUT2D eigenvalue weighted by Crippen LogP contribution is -2.59. The van der Waals surface area contributed by atoms with E-state index in [4.69, 9.17) is 18.9 Å². The molecule has 1 aliphatic heterocycles. The van der Waals surface area contributed by atoms with Gasteiger partial charge < -0.3 is 39.4 Å². The van der Waals surface area contributed by atoms with Gasteiger partial charge >= 0.3 is 5.97 Å². The minimum atomic E-state index is -1.54. The third-order valence-corrected chi connectivity index (χ3v) is 12.2. The molecule has 0 amide bonds. The predicted molar refractivity (Wildman–Crippen MR) is 265 cm³/mol. The van der Waals surface area contributed by atoms with Gasteiger partial charge in [0.1, 0.15) is 30.5 Å². The van der Waals surface area contributed by atoms with Crippen LogP contribution in [0.3, 0.4) is 0 Å². The summed E-state index contributed by atoms with van der Waals surface area (Å²) in [4.78, 5) is 12.9. The van der Waals surface area contributed by atoms with Gasteiger partial charge in [-0.2, -0.15) is 0 Å². The van der Waals surface area contributed by atoms with E-state index >= 15 is 0 Å². The Balaban J connectivity index is 2.20. The molecule has 6 unspecified atom stereocenters. The fraction of sp³-hybridized carbons (Fsp3) is 0.836. The molecule has 1 saturated heterocycles. The number of allylic oxidation sites excluding steroid dienone is 8. The van der Waals surface area contributed by atoms with Crippen LogP contribution in [0, 0.1) is 0 Å². The minimum Gasteiger partial charge on any atom is -0.457 e. The summed E-state index contributed by atoms with van der Waals surface area (Å²) < 4.78 is 22.9. The van der Waals surface area contributed by atoms with Crippen LogP contribution in [0.15, 0.2) is 48.6 Å². The molecule has 1 aliphatic rings. The summed E-state index contributed by atoms with van der Waals surface area (Å²) in [6.07, 6.45) is 51.4. The van der Waals surface area contributed by atoms with Gasteiger partial charge in [0.2, 0.25) is 0 Å². The maximum Gasteiger partial charge on any atom is 0.306 e. The Bertz CT molecular complexity index is 1120. The first-order valence-corrected chi connectivity index (χ1v) is 26.7. The monoisotopic (exact) mass is 905 g/mol. The van der Waals surface area contributed by atoms with E-state index in [1.807, 2.05) is 0 Å². The topological polar surface area (TPSA) is 135 Å². The SMILES string of the molecule is CCCCC/C=C\C/C=C\C/C=C\CCCCCCCCCOCC(COC1OC(CO)C(O)C(O)C1O)OC(=O)CCCCCCCCCCC/C=C\CCCCCCCCCC. The molecular formula is C55H100O9. The number of hydrogen-bond acceptors (Lipinski definition) is 9. The molecule has 0 bridgehead atoms. The number of aliphatic hydroxyl groups is 4. The Kier molecular flexibility index (Phi) is 43.5. The van der Waals surface area contributed by atoms with Crippen LogP contribution in [-0.2, 0) is 23.7 Å². The molecule has 1 rings (SSSR count). The highest BCUT2D eigenvalue weighted by Crippen LogP contribution is 2.23. The number of carbonyl (C=O) groups is 1. The van der Waals surface area contributed by atoms with E-state index in [0.29, 0.717) is 13.0 Å². The average molecular weight is 905 g/mol. The van der Waals surface area contributed by atoms with Crippen LogP contribution in [0.1, 0.15) is 232 Å². The van der Waals surface area contributed by atoms with Crippen molar-refractivity contribution in [3.8, 4) is 0 Å². The molecule has 1 fully saturated rings. The highest BCUT2D eigenvalue weighted by Gasteiger charge is 2.44. The largest absolute Gasteiger partial charge is 0.457 e. The van der Waals surface area contributed by atoms with Crippen LogP contribution in [-0.4, -0.2) is 89.6 Å². The van der Waals surface area contributed by atoms with Crippen molar-refractivity contribution in [3.05, 3.63) is 48.6 Å². The second-order valence-electron chi connectivity index (χ2n) is 18.3. The third kappa shape index (κ3) is 36.3. The Hall–Kier alpha value is -1.85. The van der Waals surface area contributed by atoms with Crippen molar-refractivity contribution in [3.63, 3.8) is 0 Å². The van der Waals surface area contributed by atoms with Crippen molar-refractivity contribution >= 4 is 5.97 Å². The maximum atomic E-state index is 12.9. The molecule has 64 heavy (non-hydrogen) atoms. The van der Waals surface area contributed by atoms with Crippen molar-refractivity contribution in [2.75, 3.05) is 26.4 Å². The fourth-order valence-corrected chi connectivity index (χ4v) is 8.02. The van der Waals surface area contributed by atoms with Crippen molar-refractivity contribution in [1.82, 2.24) is 0 Å². The van der Waals surface area contributed by atoms with Gasteiger partial charge in [0.05, 0.1) is 19.8 Å². The Morgan fingerprint density at radius 2 is 0.906 bits per heavy atom. The molecule has 0 aromatic rings. The highest BCUT2D eigenvalue weighted by atomic mass is 16.7. The van der Waals surface area contributed by atoms with Gasteiger partial charge in [-0.25, -0.2) is 0 Å². The first-order chi connectivity index (χ1) is 31.4. The summed E-state index contributed by atoms with van der Waals surface area (Å²) in [5.41, 5.74) is 0. The second-order valence-corrected chi connectivity index (χ2v) is 18.3. The highest BCUT2D eigenvalue weighted by molar-refractivity contribution is 5.69. The normalized spacial score (nSPS) is 19.9. The van der Waals surface area contributed by atoms with Gasteiger partial charge in [-0.05, 0) is 77.0 Å². The second kappa shape index (κ2) is 46.3. The van der Waals surface area contributed by atoms with Crippen LogP contribution in [0.5, 0.6) is 0 Å². The van der Waals surface area contributed by atoms with Crippen LogP contribution in [0.25, 0.3) is 0 Å². The van der Waals surface area contributed by atoms with Crippen LogP contribution >= 0.6 is 0 Å². The first kappa shape index (κ1) is 60.2. The number of ether oxygens (including phenoxy) is 4. The van der Waals surface area contributed by atoms with Crippen LogP contribution in [0.2, 0.25) is 0 Å². The quantitative estimate of drug-likeness (QED) is 0.0267. The minimum absolute atomic E-state index is 0.118. The molecule has 0 radical (unpaired) electrons. The van der Waals surface area contributed by atoms with Gasteiger partial charge in [0.25, 0.3) is 0 Å². The summed E-state index contributed by atoms with van der Waals surface area (Å²) in [7, 11) is 0. The van der Waals surface area contributed by atoms with Crippen molar-refractivity contribution in [2.24, 2.45) is 0 Å². The molecule has 0 saturated carbocycles. The molecule has 0 aromatic carbocycles. The standard InChI is InChI=1S/C55H100O9/c1-3-5-7-9-11-13-15-17-19-21-23-25-26-28-30-32-34-36-38-40-42-44-51(57)63-49(48-62-55-54(60)53(59)52(58)50(46-56)64-55)47-61-45-43-41-39-37-35-33-31-29-27-24-22-20-18-16-14-12-10-8-6-4-2/h12,14,18,20-21,23-24,27,49-50,52-56,58-60H,3-11,13,15-17,19,22,25-26,28-48H2,1-2H3/b14-12-,20-18-,23-21-,27-24-. The third-order valence-electron chi connectivity index (χ3n) is 12.2. The summed E-state index contributed by atoms with van der Waals surface area (Å²) in [6, 6.07) is 0. The van der Waals surface area contributed by atoms with Crippen LogP contribution in [0.4, 0.5) is 0 Å². The summed E-state index contributed by atoms with van der Waals surface area (Å²) in [5.74, 6) is -0.318. The average Bonchev–Trinajstić information content (AvgIpc) is 3.30. The van der Waals surface area contributed by atoms with E-state index in [-0.39, 0.29) is 19.2 Å². The van der Waals surface area contributed by atoms with E-state index < -0.39 is 43.4 Å². The zero-order valence-electron chi connectivity index (χ0n) is 41.3. The smallest absolute Gasteiger partial charge is 0.306 e. The maximum absolute atomic E-state index is 12.9. The van der Waals surface area contributed by atoms with E-state index in [9.17, 15) is 25.2 Å². The van der Waals surface area contributed by atoms with Gasteiger partial charge in [0, 0.05) is 13.0 Å². The Morgan fingerprint density at radius 1 is 0.500 bits per heavy atom. The zero-order valence-corrected chi connectivity index (χ0v) is 41.3. The molecule has 4 N–H and O–H groups in total. The lowest BCUT2D eigenvalue weighted by Gasteiger charge is -2.39. The lowest BCUT2D eigenvalue weighted by atomic mass is 9.99. The summed E-state index contributed by atoms with van der Waals surface area (Å²) in [5, 5.41) is 40.3. The number of esters is 1. The summed E-state index contributed by atoms with van der Waals surface area (Å²) >= 11 is 0. The molecule has 0 aliphatic carbocycles. The van der Waals surface area contributed by atoms with E-state index in [1.54, 1.807) is 0 Å². The summed E-state index contributed by atoms with van der Waals surface area (Å²) in [6.45, 7) is 4.53. The van der Waals surface area contributed by atoms with Crippen molar-refractivity contribution < 1.29 is 44.2 Å². The van der Waals surface area contributed by atoms with Gasteiger partial charge in [-0.15, -0.1) is 0 Å². The Labute approximate surface area is 392 Å². The van der Waals surface area contributed by atoms with Crippen LogP contribution < -0.4 is 0 Å². The molecule has 0 aromatic heterocycles. The number of hydrogen-bond donors (Lipinski definition) is 4. The van der Waals surface area contributed by atoms with Crippen molar-refractivity contribution in [1.29, 1.82) is 0 Å². The fourth-order valence-electron chi connectivity index (χ4n) is 8.02. The predicted octanol–water partition coefficient (Wildman–Crippen LogP) is 13.3. The van der Waals surface area contributed by atoms with E-state index in [0.717, 1.165) is 57.8 Å². The lowest BCUT2D eigenvalue weighted by molar-refractivity contribution is -0.305. The van der Waals surface area contributed by atoms with E-state index in [2.05, 4.69) is 62.5 Å². The number of rotatable bonds is 46. The number of unbranched alkanes of at least 4 members (excludes halogenated alkanes) is 27. The zero-order chi connectivity index (χ0) is 46.4. The first-order valence-electron chi connectivity index (χ1n) is 26.7. The molecule has 9 nitrogen and oxygen atoms in total. The molecule has 1 heterocycles. The van der Waals surface area contributed by atoms with Gasteiger partial charge in [0.15, 0.2) is 6.29 Å². The molecule has 0 spiro atoms. The molecule has 374 valence electrons. The number of aliphatic hydroxyl groups excluding tert-OH is 4. The number of carbonyl (C=O) groups excluding carboxylic acids is 1.